The molecule has 3 atom stereocenters. The third-order valence-corrected chi connectivity index (χ3v) is 5.27. The molecule has 9 heteroatoms. The van der Waals surface area contributed by atoms with Crippen molar-refractivity contribution in [1.82, 2.24) is 5.32 Å². The van der Waals surface area contributed by atoms with E-state index in [1.54, 1.807) is 30.4 Å². The van der Waals surface area contributed by atoms with Crippen molar-refractivity contribution in [1.29, 1.82) is 0 Å². The average Bonchev–Trinajstić information content (AvgIpc) is 3.27. The molecule has 3 unspecified atom stereocenters. The maximum absolute atomic E-state index is 12.7. The summed E-state index contributed by atoms with van der Waals surface area (Å²) in [5.41, 5.74) is -0.221. The van der Waals surface area contributed by atoms with Crippen LogP contribution in [-0.4, -0.2) is 48.2 Å². The number of ether oxygens (including phenoxy) is 3. The minimum atomic E-state index is -0.747. The fourth-order valence-corrected chi connectivity index (χ4v) is 3.52. The normalized spacial score (nSPS) is 18.2. The molecule has 1 aliphatic rings. The highest BCUT2D eigenvalue weighted by atomic mass is 32.2. The van der Waals surface area contributed by atoms with E-state index in [-0.39, 0.29) is 24.1 Å². The smallest absolute Gasteiger partial charge is 0.311 e. The number of carbonyl (C=O) groups is 3. The van der Waals surface area contributed by atoms with Crippen LogP contribution in [0.25, 0.3) is 0 Å². The van der Waals surface area contributed by atoms with Crippen LogP contribution in [0.2, 0.25) is 0 Å². The second-order valence-corrected chi connectivity index (χ2v) is 8.17. The Morgan fingerprint density at radius 1 is 1.19 bits per heavy atom. The van der Waals surface area contributed by atoms with Gasteiger partial charge in [0.05, 0.1) is 12.0 Å². The summed E-state index contributed by atoms with van der Waals surface area (Å²) in [6.45, 7) is 13.1. The first kappa shape index (κ1) is 25.2. The van der Waals surface area contributed by atoms with E-state index in [4.69, 9.17) is 14.2 Å². The molecule has 8 nitrogen and oxygen atoms in total. The lowest BCUT2D eigenvalue weighted by Gasteiger charge is -2.16. The van der Waals surface area contributed by atoms with Crippen LogP contribution in [0.4, 0.5) is 5.69 Å². The lowest BCUT2D eigenvalue weighted by molar-refractivity contribution is -0.147. The Kier molecular flexibility index (Phi) is 10.0. The summed E-state index contributed by atoms with van der Waals surface area (Å²) < 4.78 is 16.5. The summed E-state index contributed by atoms with van der Waals surface area (Å²) in [6.07, 6.45) is 4.90. The van der Waals surface area contributed by atoms with Crippen molar-refractivity contribution in [2.45, 2.75) is 24.8 Å². The quantitative estimate of drug-likeness (QED) is 0.279. The molecule has 1 fully saturated rings. The van der Waals surface area contributed by atoms with Crippen molar-refractivity contribution < 1.29 is 28.6 Å². The zero-order valence-electron chi connectivity index (χ0n) is 18.0. The highest BCUT2D eigenvalue weighted by molar-refractivity contribution is 8.14. The standard InChI is InChI=1S/C23H28N2O6S/c1-5-10-29-19-9-8-17(13-20(19)30-11-6-2)25-22(27)18-12-16(14-24-18)23(28)31-21(7-3)32-15(4)26/h5-9,13,16,18,21,24H,1-3,10-12,14H2,4H3,(H,25,27). The molecule has 2 N–H and O–H groups in total. The average molecular weight is 461 g/mol. The van der Waals surface area contributed by atoms with Crippen LogP contribution in [0.15, 0.2) is 56.2 Å². The van der Waals surface area contributed by atoms with Gasteiger partial charge in [-0.15, -0.1) is 0 Å². The molecular weight excluding hydrogens is 432 g/mol. The third kappa shape index (κ3) is 7.58. The van der Waals surface area contributed by atoms with Crippen LogP contribution in [0.1, 0.15) is 13.3 Å². The summed E-state index contributed by atoms with van der Waals surface area (Å²) in [5.74, 6) is -0.277. The SMILES string of the molecule is C=CCOc1ccc(NC(=O)C2CC(C(=O)OC(C=C)SC(C)=O)CN2)cc1OCC=C. The zero-order valence-corrected chi connectivity index (χ0v) is 18.8. The van der Waals surface area contributed by atoms with Crippen molar-refractivity contribution in [2.24, 2.45) is 5.92 Å². The van der Waals surface area contributed by atoms with Gasteiger partial charge in [0.15, 0.2) is 22.1 Å². The highest BCUT2D eigenvalue weighted by Gasteiger charge is 2.35. The fourth-order valence-electron chi connectivity index (χ4n) is 2.95. The van der Waals surface area contributed by atoms with Crippen molar-refractivity contribution in [3.05, 3.63) is 56.2 Å². The summed E-state index contributed by atoms with van der Waals surface area (Å²) >= 11 is 0.875. The van der Waals surface area contributed by atoms with E-state index in [1.807, 2.05) is 0 Å². The first-order chi connectivity index (χ1) is 15.4. The van der Waals surface area contributed by atoms with Gasteiger partial charge in [-0.25, -0.2) is 0 Å². The van der Waals surface area contributed by atoms with Crippen molar-refractivity contribution >= 4 is 34.4 Å². The lowest BCUT2D eigenvalue weighted by Crippen LogP contribution is -2.35. The summed E-state index contributed by atoms with van der Waals surface area (Å²) in [4.78, 5) is 36.3. The maximum atomic E-state index is 12.7. The molecule has 0 radical (unpaired) electrons. The van der Waals surface area contributed by atoms with Crippen LogP contribution in [-0.2, 0) is 19.1 Å². The second-order valence-electron chi connectivity index (χ2n) is 6.89. The Hall–Kier alpha value is -3.04. The largest absolute Gasteiger partial charge is 0.486 e. The summed E-state index contributed by atoms with van der Waals surface area (Å²) in [6, 6.07) is 4.49. The molecule has 0 aromatic heterocycles. The van der Waals surface area contributed by atoms with Gasteiger partial charge in [-0.3, -0.25) is 14.4 Å². The van der Waals surface area contributed by atoms with Crippen LogP contribution >= 0.6 is 11.8 Å². The van der Waals surface area contributed by atoms with Crippen LogP contribution in [0.3, 0.4) is 0 Å². The number of esters is 1. The Bertz CT molecular complexity index is 872. The predicted octanol–water partition coefficient (Wildman–Crippen LogP) is 3.07. The molecule has 2 rings (SSSR count). The van der Waals surface area contributed by atoms with Crippen molar-refractivity contribution in [3.8, 4) is 11.5 Å². The van der Waals surface area contributed by atoms with Crippen LogP contribution < -0.4 is 20.1 Å². The molecule has 1 aromatic carbocycles. The molecule has 1 saturated heterocycles. The molecule has 172 valence electrons. The van der Waals surface area contributed by atoms with Gasteiger partial charge in [0.25, 0.3) is 0 Å². The number of hydrogen-bond acceptors (Lipinski definition) is 8. The first-order valence-corrected chi connectivity index (χ1v) is 10.9. The van der Waals surface area contributed by atoms with Gasteiger partial charge in [-0.1, -0.05) is 31.9 Å². The molecule has 1 aliphatic heterocycles. The molecule has 0 bridgehead atoms. The first-order valence-electron chi connectivity index (χ1n) is 10.0. The molecule has 1 amide bonds. The van der Waals surface area contributed by atoms with E-state index < -0.39 is 23.4 Å². The van der Waals surface area contributed by atoms with Gasteiger partial charge in [-0.05, 0) is 36.4 Å². The summed E-state index contributed by atoms with van der Waals surface area (Å²) in [7, 11) is 0. The molecule has 1 aromatic rings. The number of amides is 1. The Balaban J connectivity index is 1.97. The summed E-state index contributed by atoms with van der Waals surface area (Å²) in [5, 5.41) is 5.68. The van der Waals surface area contributed by atoms with Gasteiger partial charge in [0.2, 0.25) is 5.91 Å². The number of benzene rings is 1. The monoisotopic (exact) mass is 460 g/mol. The number of thioether (sulfide) groups is 1. The number of hydrogen-bond donors (Lipinski definition) is 2. The lowest BCUT2D eigenvalue weighted by atomic mass is 10.1. The van der Waals surface area contributed by atoms with E-state index in [0.717, 1.165) is 11.8 Å². The van der Waals surface area contributed by atoms with E-state index in [9.17, 15) is 14.4 Å². The number of nitrogens with one attached hydrogen (secondary N) is 2. The Morgan fingerprint density at radius 2 is 1.88 bits per heavy atom. The van der Waals surface area contributed by atoms with E-state index in [1.165, 1.54) is 13.0 Å². The molecular formula is C23H28N2O6S. The second kappa shape index (κ2) is 12.7. The minimum absolute atomic E-state index is 0.179. The highest BCUT2D eigenvalue weighted by Crippen LogP contribution is 2.31. The predicted molar refractivity (Wildman–Crippen MR) is 125 cm³/mol. The zero-order chi connectivity index (χ0) is 23.5. The van der Waals surface area contributed by atoms with Crippen LogP contribution in [0, 0.1) is 5.92 Å². The topological polar surface area (TPSA) is 103 Å². The Morgan fingerprint density at radius 3 is 2.50 bits per heavy atom. The van der Waals surface area contributed by atoms with E-state index in [0.29, 0.717) is 30.3 Å². The van der Waals surface area contributed by atoms with E-state index >= 15 is 0 Å². The van der Waals surface area contributed by atoms with Crippen molar-refractivity contribution in [2.75, 3.05) is 25.1 Å². The molecule has 0 saturated carbocycles. The number of carbonyl (C=O) groups excluding carboxylic acids is 3. The number of anilines is 1. The van der Waals surface area contributed by atoms with Gasteiger partial charge < -0.3 is 24.8 Å². The fraction of sp³-hybridized carbons (Fsp3) is 0.348. The third-order valence-electron chi connectivity index (χ3n) is 4.41. The molecule has 0 spiro atoms. The molecule has 32 heavy (non-hydrogen) atoms. The molecule has 0 aliphatic carbocycles. The Labute approximate surface area is 192 Å². The number of rotatable bonds is 12. The molecule has 1 heterocycles. The minimum Gasteiger partial charge on any atom is -0.486 e. The van der Waals surface area contributed by atoms with Gasteiger partial charge in [0, 0.05) is 25.2 Å². The van der Waals surface area contributed by atoms with Gasteiger partial charge >= 0.3 is 5.97 Å². The van der Waals surface area contributed by atoms with Gasteiger partial charge in [0.1, 0.15) is 13.2 Å². The van der Waals surface area contributed by atoms with Crippen LogP contribution in [0.5, 0.6) is 11.5 Å². The van der Waals surface area contributed by atoms with Crippen molar-refractivity contribution in [3.63, 3.8) is 0 Å². The van der Waals surface area contributed by atoms with E-state index in [2.05, 4.69) is 30.4 Å². The van der Waals surface area contributed by atoms with Gasteiger partial charge in [-0.2, -0.15) is 0 Å². The maximum Gasteiger partial charge on any atom is 0.311 e.